The molecule has 5 nitrogen and oxygen atoms in total. The van der Waals surface area contributed by atoms with Crippen molar-refractivity contribution in [2.45, 2.75) is 111 Å². The number of aliphatic hydroxyl groups excluding tert-OH is 3. The van der Waals surface area contributed by atoms with E-state index in [9.17, 15) is 25.2 Å². The Kier molecular flexibility index (Phi) is 10.8. The Morgan fingerprint density at radius 3 is 1.47 bits per heavy atom. The first-order valence-corrected chi connectivity index (χ1v) is 13.0. The fourth-order valence-corrected chi connectivity index (χ4v) is 4.66. The summed E-state index contributed by atoms with van der Waals surface area (Å²) >= 11 is 0. The van der Waals surface area contributed by atoms with E-state index in [-0.39, 0.29) is 12.0 Å². The first-order chi connectivity index (χ1) is 16.0. The number of aliphatic carboxylic acids is 1. The van der Waals surface area contributed by atoms with Crippen molar-refractivity contribution in [1.82, 2.24) is 0 Å². The van der Waals surface area contributed by atoms with Crippen LogP contribution in [0.1, 0.15) is 98.3 Å². The maximum atomic E-state index is 11.2. The van der Waals surface area contributed by atoms with Crippen LogP contribution in [-0.2, 0) is 4.79 Å². The van der Waals surface area contributed by atoms with Crippen LogP contribution in [0.5, 0.6) is 0 Å². The lowest BCUT2D eigenvalue weighted by atomic mass is 9.86. The number of carbonyl (C=O) groups is 1. The third kappa shape index (κ3) is 8.51. The van der Waals surface area contributed by atoms with Crippen molar-refractivity contribution < 1.29 is 25.2 Å². The van der Waals surface area contributed by atoms with Crippen LogP contribution in [0.25, 0.3) is 0 Å². The Morgan fingerprint density at radius 1 is 0.706 bits per heavy atom. The molecule has 0 aliphatic heterocycles. The van der Waals surface area contributed by atoms with E-state index >= 15 is 0 Å². The molecule has 0 amide bonds. The van der Waals surface area contributed by atoms with Gasteiger partial charge in [0.25, 0.3) is 0 Å². The minimum atomic E-state index is -0.761. The molecule has 34 heavy (non-hydrogen) atoms. The molecule has 0 saturated carbocycles. The summed E-state index contributed by atoms with van der Waals surface area (Å²) in [5.41, 5.74) is 3.49. The van der Waals surface area contributed by atoms with Crippen molar-refractivity contribution in [3.8, 4) is 0 Å². The molecule has 0 spiro atoms. The van der Waals surface area contributed by atoms with Crippen LogP contribution in [0.3, 0.4) is 0 Å². The second kappa shape index (κ2) is 12.9. The molecule has 2 rings (SSSR count). The topological polar surface area (TPSA) is 98.0 Å². The molecular formula is C29H46O5. The molecule has 192 valence electrons. The summed E-state index contributed by atoms with van der Waals surface area (Å²) < 4.78 is 0. The summed E-state index contributed by atoms with van der Waals surface area (Å²) in [6.07, 6.45) is 16.8. The van der Waals surface area contributed by atoms with Gasteiger partial charge in [0.05, 0.1) is 17.6 Å². The molecule has 0 saturated heterocycles. The average Bonchev–Trinajstić information content (AvgIpc) is 3.31. The minimum absolute atomic E-state index is 0.0302. The molecule has 0 fully saturated rings. The predicted molar refractivity (Wildman–Crippen MR) is 137 cm³/mol. The number of hydrogen-bond acceptors (Lipinski definition) is 4. The first-order valence-electron chi connectivity index (χ1n) is 13.0. The van der Waals surface area contributed by atoms with E-state index in [1.807, 2.05) is 12.2 Å². The van der Waals surface area contributed by atoms with Crippen molar-refractivity contribution in [2.24, 2.45) is 10.8 Å². The van der Waals surface area contributed by atoms with Gasteiger partial charge in [0.2, 0.25) is 0 Å². The molecule has 2 aliphatic carbocycles. The SMILES string of the molecule is CC(C)(CO)CCCCC1=CC=C(CCCC2=CC=C(CCCCC(C)(C)C(=O)O)C2O)C1O. The molecule has 0 radical (unpaired) electrons. The number of allylic oxidation sites excluding steroid dienone is 4. The fraction of sp³-hybridized carbons (Fsp3) is 0.690. The molecule has 2 aliphatic rings. The first kappa shape index (κ1) is 28.5. The molecule has 4 N–H and O–H groups in total. The maximum Gasteiger partial charge on any atom is 0.309 e. The summed E-state index contributed by atoms with van der Waals surface area (Å²) in [6.45, 7) is 7.88. The summed E-state index contributed by atoms with van der Waals surface area (Å²) in [5, 5.41) is 39.9. The van der Waals surface area contributed by atoms with Crippen molar-refractivity contribution in [3.05, 3.63) is 46.6 Å². The maximum absolute atomic E-state index is 11.2. The second-order valence-electron chi connectivity index (χ2n) is 11.6. The largest absolute Gasteiger partial charge is 0.481 e. The summed E-state index contributed by atoms with van der Waals surface area (Å²) in [7, 11) is 0. The number of carboxylic acids is 1. The molecular weight excluding hydrogens is 428 g/mol. The van der Waals surface area contributed by atoms with Gasteiger partial charge in [-0.15, -0.1) is 0 Å². The standard InChI is InChI=1S/C29H46O5/c1-28(2,20-30)18-7-5-10-21-14-16-23(25(21)31)12-9-13-24-17-15-22(26(24)32)11-6-8-19-29(3,4)27(33)34/h14-17,25-26,30-32H,5-13,18-20H2,1-4H3,(H,33,34). The smallest absolute Gasteiger partial charge is 0.309 e. The zero-order chi connectivity index (χ0) is 25.4. The van der Waals surface area contributed by atoms with E-state index in [1.165, 1.54) is 0 Å². The highest BCUT2D eigenvalue weighted by Gasteiger charge is 2.27. The predicted octanol–water partition coefficient (Wildman–Crippen LogP) is 5.86. The highest BCUT2D eigenvalue weighted by molar-refractivity contribution is 5.73. The normalized spacial score (nSPS) is 20.8. The lowest BCUT2D eigenvalue weighted by molar-refractivity contribution is -0.147. The second-order valence-corrected chi connectivity index (χ2v) is 11.6. The minimum Gasteiger partial charge on any atom is -0.481 e. The quantitative estimate of drug-likeness (QED) is 0.210. The highest BCUT2D eigenvalue weighted by atomic mass is 16.4. The lowest BCUT2D eigenvalue weighted by Gasteiger charge is -2.21. The van der Waals surface area contributed by atoms with Gasteiger partial charge in [-0.05, 0) is 99.3 Å². The molecule has 2 atom stereocenters. The van der Waals surface area contributed by atoms with E-state index in [0.29, 0.717) is 6.42 Å². The van der Waals surface area contributed by atoms with Crippen LogP contribution in [0.15, 0.2) is 46.6 Å². The molecule has 2 unspecified atom stereocenters. The van der Waals surface area contributed by atoms with Gasteiger partial charge in [0.15, 0.2) is 0 Å². The summed E-state index contributed by atoms with van der Waals surface area (Å²) in [4.78, 5) is 11.2. The van der Waals surface area contributed by atoms with Crippen molar-refractivity contribution in [1.29, 1.82) is 0 Å². The molecule has 0 bridgehead atoms. The number of aliphatic hydroxyl groups is 3. The van der Waals surface area contributed by atoms with Crippen LogP contribution >= 0.6 is 0 Å². The summed E-state index contributed by atoms with van der Waals surface area (Å²) in [6, 6.07) is 0. The lowest BCUT2D eigenvalue weighted by Crippen LogP contribution is -2.23. The van der Waals surface area contributed by atoms with Gasteiger partial charge in [-0.2, -0.15) is 0 Å². The Hall–Kier alpha value is -1.69. The van der Waals surface area contributed by atoms with E-state index in [1.54, 1.807) is 13.8 Å². The average molecular weight is 475 g/mol. The van der Waals surface area contributed by atoms with E-state index in [2.05, 4.69) is 26.0 Å². The van der Waals surface area contributed by atoms with Crippen LogP contribution in [0.4, 0.5) is 0 Å². The van der Waals surface area contributed by atoms with Gasteiger partial charge < -0.3 is 20.4 Å². The molecule has 0 heterocycles. The summed E-state index contributed by atoms with van der Waals surface area (Å²) in [5.74, 6) is -0.761. The monoisotopic (exact) mass is 474 g/mol. The van der Waals surface area contributed by atoms with Gasteiger partial charge in [0, 0.05) is 6.61 Å². The highest BCUT2D eigenvalue weighted by Crippen LogP contribution is 2.33. The Balaban J connectivity index is 1.62. The molecule has 0 aromatic rings. The van der Waals surface area contributed by atoms with E-state index in [4.69, 9.17) is 0 Å². The molecule has 0 aromatic heterocycles. The third-order valence-electron chi connectivity index (χ3n) is 7.45. The van der Waals surface area contributed by atoms with Crippen LogP contribution in [0, 0.1) is 10.8 Å². The van der Waals surface area contributed by atoms with Crippen molar-refractivity contribution >= 4 is 5.97 Å². The van der Waals surface area contributed by atoms with Gasteiger partial charge in [-0.1, -0.05) is 51.0 Å². The van der Waals surface area contributed by atoms with Crippen LogP contribution in [0.2, 0.25) is 0 Å². The molecule has 5 heteroatoms. The number of carboxylic acid groups (broad SMARTS) is 1. The van der Waals surface area contributed by atoms with E-state index < -0.39 is 23.6 Å². The van der Waals surface area contributed by atoms with Crippen molar-refractivity contribution in [3.63, 3.8) is 0 Å². The zero-order valence-corrected chi connectivity index (χ0v) is 21.6. The number of unbranched alkanes of at least 4 members (excludes halogenated alkanes) is 2. The van der Waals surface area contributed by atoms with Gasteiger partial charge >= 0.3 is 5.97 Å². The van der Waals surface area contributed by atoms with Gasteiger partial charge in [0.1, 0.15) is 0 Å². The third-order valence-corrected chi connectivity index (χ3v) is 7.45. The van der Waals surface area contributed by atoms with Crippen LogP contribution in [-0.4, -0.2) is 45.2 Å². The number of hydrogen-bond donors (Lipinski definition) is 4. The van der Waals surface area contributed by atoms with Crippen molar-refractivity contribution in [2.75, 3.05) is 6.61 Å². The Labute approximate surface area is 206 Å². The van der Waals surface area contributed by atoms with Gasteiger partial charge in [-0.25, -0.2) is 0 Å². The molecule has 0 aromatic carbocycles. The van der Waals surface area contributed by atoms with Gasteiger partial charge in [-0.3, -0.25) is 4.79 Å². The Bertz CT molecular complexity index is 812. The van der Waals surface area contributed by atoms with Crippen LogP contribution < -0.4 is 0 Å². The van der Waals surface area contributed by atoms with E-state index in [0.717, 1.165) is 86.5 Å². The zero-order valence-electron chi connectivity index (χ0n) is 21.6. The Morgan fingerprint density at radius 2 is 1.09 bits per heavy atom. The number of rotatable bonds is 16. The fourth-order valence-electron chi connectivity index (χ4n) is 4.66.